The lowest BCUT2D eigenvalue weighted by Crippen LogP contribution is -2.36. The standard InChI is InChI=1S/C14H17NO6/c1-3-19-14(18)15-12(16)9-20-13(17)10(2)21-11-7-5-4-6-8-11/h4-8,10H,3,9H2,1-2H3,(H,15,16,18)/t10-/m1/s1. The van der Waals surface area contributed by atoms with E-state index in [1.165, 1.54) is 6.92 Å². The van der Waals surface area contributed by atoms with E-state index in [4.69, 9.17) is 9.47 Å². The summed E-state index contributed by atoms with van der Waals surface area (Å²) < 4.78 is 14.6. The molecule has 0 unspecified atom stereocenters. The first-order chi connectivity index (χ1) is 10.0. The van der Waals surface area contributed by atoms with Crippen molar-refractivity contribution in [1.29, 1.82) is 0 Å². The third-order valence-corrected chi connectivity index (χ3v) is 2.25. The number of hydrogen-bond acceptors (Lipinski definition) is 6. The van der Waals surface area contributed by atoms with Gasteiger partial charge >= 0.3 is 12.1 Å². The molecule has 114 valence electrons. The van der Waals surface area contributed by atoms with Crippen LogP contribution in [-0.4, -0.2) is 37.3 Å². The molecule has 0 heterocycles. The zero-order valence-corrected chi connectivity index (χ0v) is 11.8. The van der Waals surface area contributed by atoms with Crippen LogP contribution >= 0.6 is 0 Å². The lowest BCUT2D eigenvalue weighted by molar-refractivity contribution is -0.154. The van der Waals surface area contributed by atoms with E-state index < -0.39 is 30.7 Å². The van der Waals surface area contributed by atoms with Gasteiger partial charge in [0.25, 0.3) is 5.91 Å². The second-order valence-corrected chi connectivity index (χ2v) is 3.95. The Balaban J connectivity index is 2.32. The van der Waals surface area contributed by atoms with E-state index in [0.29, 0.717) is 5.75 Å². The predicted molar refractivity (Wildman–Crippen MR) is 72.7 cm³/mol. The third kappa shape index (κ3) is 6.42. The monoisotopic (exact) mass is 295 g/mol. The van der Waals surface area contributed by atoms with Gasteiger partial charge in [-0.1, -0.05) is 18.2 Å². The van der Waals surface area contributed by atoms with Gasteiger partial charge in [0.15, 0.2) is 12.7 Å². The molecule has 0 bridgehead atoms. The Hall–Kier alpha value is -2.57. The van der Waals surface area contributed by atoms with Crippen molar-refractivity contribution in [2.24, 2.45) is 0 Å². The van der Waals surface area contributed by atoms with Crippen LogP contribution in [0.3, 0.4) is 0 Å². The number of rotatable bonds is 6. The summed E-state index contributed by atoms with van der Waals surface area (Å²) in [6.07, 6.45) is -1.75. The number of ether oxygens (including phenoxy) is 3. The molecule has 2 amide bonds. The summed E-state index contributed by atoms with van der Waals surface area (Å²) in [4.78, 5) is 33.9. The molecule has 0 aliphatic rings. The predicted octanol–water partition coefficient (Wildman–Crippen LogP) is 1.27. The van der Waals surface area contributed by atoms with Gasteiger partial charge in [-0.05, 0) is 26.0 Å². The molecule has 21 heavy (non-hydrogen) atoms. The highest BCUT2D eigenvalue weighted by molar-refractivity contribution is 5.93. The smallest absolute Gasteiger partial charge is 0.413 e. The molecule has 1 aromatic rings. The van der Waals surface area contributed by atoms with Gasteiger partial charge in [-0.25, -0.2) is 9.59 Å². The highest BCUT2D eigenvalue weighted by atomic mass is 16.6. The number of hydrogen-bond donors (Lipinski definition) is 1. The average Bonchev–Trinajstić information content (AvgIpc) is 2.46. The van der Waals surface area contributed by atoms with Gasteiger partial charge in [0.2, 0.25) is 0 Å². The van der Waals surface area contributed by atoms with Crippen molar-refractivity contribution in [3.05, 3.63) is 30.3 Å². The summed E-state index contributed by atoms with van der Waals surface area (Å²) in [7, 11) is 0. The minimum absolute atomic E-state index is 0.140. The first-order valence-electron chi connectivity index (χ1n) is 6.38. The zero-order valence-electron chi connectivity index (χ0n) is 11.8. The fourth-order valence-electron chi connectivity index (χ4n) is 1.32. The zero-order chi connectivity index (χ0) is 15.7. The molecule has 0 saturated heterocycles. The number of benzene rings is 1. The molecule has 0 aromatic heterocycles. The fraction of sp³-hybridized carbons (Fsp3) is 0.357. The van der Waals surface area contributed by atoms with Crippen LogP contribution < -0.4 is 10.1 Å². The highest BCUT2D eigenvalue weighted by Crippen LogP contribution is 2.11. The number of imide groups is 1. The molecular formula is C14H17NO6. The van der Waals surface area contributed by atoms with Crippen molar-refractivity contribution in [3.63, 3.8) is 0 Å². The van der Waals surface area contributed by atoms with Gasteiger partial charge in [-0.3, -0.25) is 10.1 Å². The summed E-state index contributed by atoms with van der Waals surface area (Å²) in [6, 6.07) is 8.73. The number of para-hydroxylation sites is 1. The summed E-state index contributed by atoms with van der Waals surface area (Å²) in [5, 5.41) is 1.91. The first kappa shape index (κ1) is 16.5. The molecule has 1 N–H and O–H groups in total. The van der Waals surface area contributed by atoms with Crippen LogP contribution in [0.1, 0.15) is 13.8 Å². The van der Waals surface area contributed by atoms with Crippen LogP contribution in [0.5, 0.6) is 5.75 Å². The number of esters is 1. The van der Waals surface area contributed by atoms with Gasteiger partial charge < -0.3 is 14.2 Å². The molecule has 1 atom stereocenters. The number of nitrogens with one attached hydrogen (secondary N) is 1. The van der Waals surface area contributed by atoms with Crippen molar-refractivity contribution in [3.8, 4) is 5.75 Å². The highest BCUT2D eigenvalue weighted by Gasteiger charge is 2.18. The Morgan fingerprint density at radius 1 is 1.14 bits per heavy atom. The van der Waals surface area contributed by atoms with Gasteiger partial charge in [0.05, 0.1) is 6.61 Å². The van der Waals surface area contributed by atoms with Crippen LogP contribution in [0.4, 0.5) is 4.79 Å². The van der Waals surface area contributed by atoms with Crippen LogP contribution in [0.25, 0.3) is 0 Å². The number of carbonyl (C=O) groups excluding carboxylic acids is 3. The van der Waals surface area contributed by atoms with E-state index in [1.54, 1.807) is 31.2 Å². The minimum Gasteiger partial charge on any atom is -0.479 e. The molecule has 7 heteroatoms. The molecular weight excluding hydrogens is 278 g/mol. The summed E-state index contributed by atoms with van der Waals surface area (Å²) in [6.45, 7) is 2.66. The Bertz CT molecular complexity index is 487. The molecule has 0 fully saturated rings. The van der Waals surface area contributed by atoms with Gasteiger partial charge in [0.1, 0.15) is 5.75 Å². The average molecular weight is 295 g/mol. The molecule has 0 saturated carbocycles. The van der Waals surface area contributed by atoms with Crippen molar-refractivity contribution in [1.82, 2.24) is 5.32 Å². The molecule has 0 spiro atoms. The van der Waals surface area contributed by atoms with Crippen molar-refractivity contribution in [2.45, 2.75) is 20.0 Å². The minimum atomic E-state index is -0.882. The van der Waals surface area contributed by atoms with E-state index in [0.717, 1.165) is 0 Å². The van der Waals surface area contributed by atoms with E-state index in [9.17, 15) is 14.4 Å². The number of carbonyl (C=O) groups is 3. The lowest BCUT2D eigenvalue weighted by Gasteiger charge is -2.13. The van der Waals surface area contributed by atoms with E-state index >= 15 is 0 Å². The van der Waals surface area contributed by atoms with Crippen LogP contribution in [-0.2, 0) is 19.1 Å². The number of amides is 2. The van der Waals surface area contributed by atoms with Crippen molar-refractivity contribution < 1.29 is 28.6 Å². The fourth-order valence-corrected chi connectivity index (χ4v) is 1.32. The molecule has 0 aliphatic carbocycles. The normalized spacial score (nSPS) is 11.1. The first-order valence-corrected chi connectivity index (χ1v) is 6.38. The second-order valence-electron chi connectivity index (χ2n) is 3.95. The maximum absolute atomic E-state index is 11.6. The van der Waals surface area contributed by atoms with Crippen LogP contribution in [0, 0.1) is 0 Å². The maximum atomic E-state index is 11.6. The topological polar surface area (TPSA) is 90.9 Å². The summed E-state index contributed by atoms with van der Waals surface area (Å²) in [5.41, 5.74) is 0. The van der Waals surface area contributed by atoms with Crippen molar-refractivity contribution >= 4 is 18.0 Å². The Morgan fingerprint density at radius 2 is 1.81 bits per heavy atom. The molecule has 0 aliphatic heterocycles. The quantitative estimate of drug-likeness (QED) is 0.795. The van der Waals surface area contributed by atoms with Crippen LogP contribution in [0.2, 0.25) is 0 Å². The molecule has 1 aromatic carbocycles. The molecule has 0 radical (unpaired) electrons. The molecule has 7 nitrogen and oxygen atoms in total. The lowest BCUT2D eigenvalue weighted by atomic mass is 10.3. The summed E-state index contributed by atoms with van der Waals surface area (Å²) in [5.74, 6) is -0.968. The van der Waals surface area contributed by atoms with E-state index in [2.05, 4.69) is 4.74 Å². The third-order valence-electron chi connectivity index (χ3n) is 2.25. The van der Waals surface area contributed by atoms with Gasteiger partial charge in [0, 0.05) is 0 Å². The van der Waals surface area contributed by atoms with Crippen molar-refractivity contribution in [2.75, 3.05) is 13.2 Å². The van der Waals surface area contributed by atoms with Crippen LogP contribution in [0.15, 0.2) is 30.3 Å². The Kier molecular flexibility index (Phi) is 6.73. The maximum Gasteiger partial charge on any atom is 0.413 e. The summed E-state index contributed by atoms with van der Waals surface area (Å²) >= 11 is 0. The largest absolute Gasteiger partial charge is 0.479 e. The Labute approximate surface area is 122 Å². The SMILES string of the molecule is CCOC(=O)NC(=O)COC(=O)[C@@H](C)Oc1ccccc1. The van der Waals surface area contributed by atoms with E-state index in [1.807, 2.05) is 11.4 Å². The Morgan fingerprint density at radius 3 is 2.43 bits per heavy atom. The van der Waals surface area contributed by atoms with E-state index in [-0.39, 0.29) is 6.61 Å². The second kappa shape index (κ2) is 8.57. The van der Waals surface area contributed by atoms with Gasteiger partial charge in [-0.15, -0.1) is 0 Å². The van der Waals surface area contributed by atoms with Gasteiger partial charge in [-0.2, -0.15) is 0 Å². The number of alkyl carbamates (subject to hydrolysis) is 1. The molecule has 1 rings (SSSR count).